The summed E-state index contributed by atoms with van der Waals surface area (Å²) >= 11 is 0. The monoisotopic (exact) mass is 410 g/mol. The Bertz CT molecular complexity index is 692. The van der Waals surface area contributed by atoms with Gasteiger partial charge in [0.1, 0.15) is 6.61 Å². The van der Waals surface area contributed by atoms with Gasteiger partial charge >= 0.3 is 6.18 Å². The lowest BCUT2D eigenvalue weighted by Crippen LogP contribution is -2.41. The van der Waals surface area contributed by atoms with Gasteiger partial charge in [-0.25, -0.2) is 13.1 Å². The van der Waals surface area contributed by atoms with E-state index in [1.807, 2.05) is 0 Å². The molecule has 0 spiro atoms. The number of halogens is 3. The number of alkyl halides is 3. The lowest BCUT2D eigenvalue weighted by atomic mass is 10.1. The molecule has 3 N–H and O–H groups in total. The summed E-state index contributed by atoms with van der Waals surface area (Å²) in [5.41, 5.74) is 1.55. The van der Waals surface area contributed by atoms with Crippen LogP contribution in [0.25, 0.3) is 0 Å². The van der Waals surface area contributed by atoms with E-state index in [2.05, 4.69) is 25.1 Å². The Morgan fingerprint density at radius 2 is 1.74 bits per heavy atom. The first-order valence-corrected chi connectivity index (χ1v) is 9.94. The molecule has 0 saturated carbocycles. The van der Waals surface area contributed by atoms with Gasteiger partial charge < -0.3 is 15.4 Å². The standard InChI is InChI=1S/C16H25F3N4O3S/c1-3-27(24,25)23-9-8-21-15(20-2)22-10-13-4-6-14(7-5-13)11-26-12-16(17,18)19/h4-7,23H,3,8-12H2,1-2H3,(H2,20,21,22). The number of nitrogens with one attached hydrogen (secondary N) is 3. The van der Waals surface area contributed by atoms with Gasteiger partial charge in [0, 0.05) is 26.7 Å². The second-order valence-corrected chi connectivity index (χ2v) is 7.67. The van der Waals surface area contributed by atoms with Gasteiger partial charge in [0.05, 0.1) is 12.4 Å². The summed E-state index contributed by atoms with van der Waals surface area (Å²) in [7, 11) is -1.63. The maximum Gasteiger partial charge on any atom is 0.411 e. The van der Waals surface area contributed by atoms with Crippen molar-refractivity contribution in [1.82, 2.24) is 15.4 Å². The summed E-state index contributed by atoms with van der Waals surface area (Å²) in [5.74, 6) is 0.528. The summed E-state index contributed by atoms with van der Waals surface area (Å²) < 4.78 is 65.8. The Balaban J connectivity index is 2.34. The molecule has 0 saturated heterocycles. The van der Waals surface area contributed by atoms with Crippen LogP contribution in [-0.4, -0.2) is 53.1 Å². The Labute approximate surface area is 157 Å². The number of nitrogens with zero attached hydrogens (tertiary/aromatic N) is 1. The molecule has 11 heteroatoms. The van der Waals surface area contributed by atoms with Gasteiger partial charge in [-0.3, -0.25) is 4.99 Å². The summed E-state index contributed by atoms with van der Waals surface area (Å²) in [6.07, 6.45) is -4.33. The molecule has 7 nitrogen and oxygen atoms in total. The highest BCUT2D eigenvalue weighted by molar-refractivity contribution is 7.89. The molecule has 0 fully saturated rings. The third-order valence-electron chi connectivity index (χ3n) is 3.36. The van der Waals surface area contributed by atoms with Crippen molar-refractivity contribution in [3.05, 3.63) is 35.4 Å². The fourth-order valence-corrected chi connectivity index (χ4v) is 2.55. The molecule has 0 amide bonds. The molecule has 1 rings (SSSR count). The molecule has 0 aliphatic carbocycles. The average Bonchev–Trinajstić information content (AvgIpc) is 2.61. The maximum absolute atomic E-state index is 12.0. The molecular weight excluding hydrogens is 385 g/mol. The predicted molar refractivity (Wildman–Crippen MR) is 97.8 cm³/mol. The summed E-state index contributed by atoms with van der Waals surface area (Å²) in [4.78, 5) is 4.03. The molecule has 154 valence electrons. The van der Waals surface area contributed by atoms with E-state index in [-0.39, 0.29) is 18.9 Å². The second kappa shape index (κ2) is 11.1. The van der Waals surface area contributed by atoms with Gasteiger partial charge in [-0.2, -0.15) is 13.2 Å². The molecule has 1 aromatic carbocycles. The normalized spacial score (nSPS) is 12.9. The van der Waals surface area contributed by atoms with Crippen LogP contribution in [0.4, 0.5) is 13.2 Å². The number of aliphatic imine (C=N–C) groups is 1. The molecule has 0 atom stereocenters. The number of hydrogen-bond donors (Lipinski definition) is 3. The number of benzene rings is 1. The Morgan fingerprint density at radius 1 is 1.11 bits per heavy atom. The molecule has 0 aromatic heterocycles. The van der Waals surface area contributed by atoms with Gasteiger partial charge in [0.25, 0.3) is 0 Å². The van der Waals surface area contributed by atoms with Crippen molar-refractivity contribution < 1.29 is 26.3 Å². The zero-order chi connectivity index (χ0) is 20.3. The van der Waals surface area contributed by atoms with Crippen molar-refractivity contribution in [2.75, 3.05) is 32.5 Å². The molecule has 27 heavy (non-hydrogen) atoms. The number of hydrogen-bond acceptors (Lipinski definition) is 4. The molecule has 1 aromatic rings. The van der Waals surface area contributed by atoms with E-state index in [1.54, 1.807) is 38.2 Å². The first kappa shape index (κ1) is 23.2. The number of sulfonamides is 1. The van der Waals surface area contributed by atoms with Crippen LogP contribution in [0.2, 0.25) is 0 Å². The Kier molecular flexibility index (Phi) is 9.53. The third kappa shape index (κ3) is 10.8. The minimum absolute atomic E-state index is 0.0250. The molecule has 0 radical (unpaired) electrons. The molecule has 0 bridgehead atoms. The largest absolute Gasteiger partial charge is 0.411 e. The highest BCUT2D eigenvalue weighted by Gasteiger charge is 2.27. The Hall–Kier alpha value is -1.85. The number of ether oxygens (including phenoxy) is 1. The van der Waals surface area contributed by atoms with E-state index in [9.17, 15) is 21.6 Å². The average molecular weight is 410 g/mol. The van der Waals surface area contributed by atoms with Crippen molar-refractivity contribution in [1.29, 1.82) is 0 Å². The van der Waals surface area contributed by atoms with Crippen molar-refractivity contribution in [2.24, 2.45) is 4.99 Å². The van der Waals surface area contributed by atoms with Crippen molar-refractivity contribution in [2.45, 2.75) is 26.3 Å². The molecule has 0 aliphatic heterocycles. The van der Waals surface area contributed by atoms with E-state index in [0.717, 1.165) is 5.56 Å². The summed E-state index contributed by atoms with van der Waals surface area (Å²) in [6, 6.07) is 6.95. The topological polar surface area (TPSA) is 91.8 Å². The van der Waals surface area contributed by atoms with E-state index < -0.39 is 22.8 Å². The van der Waals surface area contributed by atoms with Gasteiger partial charge in [-0.1, -0.05) is 24.3 Å². The van der Waals surface area contributed by atoms with Crippen LogP contribution in [0.5, 0.6) is 0 Å². The van der Waals surface area contributed by atoms with Crippen molar-refractivity contribution in [3.8, 4) is 0 Å². The van der Waals surface area contributed by atoms with Gasteiger partial charge in [0.15, 0.2) is 5.96 Å². The van der Waals surface area contributed by atoms with Crippen LogP contribution >= 0.6 is 0 Å². The zero-order valence-electron chi connectivity index (χ0n) is 15.3. The highest BCUT2D eigenvalue weighted by atomic mass is 32.2. The van der Waals surface area contributed by atoms with E-state index in [1.165, 1.54) is 0 Å². The summed E-state index contributed by atoms with van der Waals surface area (Å²) in [5, 5.41) is 6.04. The SMILES string of the molecule is CCS(=O)(=O)NCCNC(=NC)NCc1ccc(COCC(F)(F)F)cc1. The smallest absolute Gasteiger partial charge is 0.367 e. The van der Waals surface area contributed by atoms with E-state index in [4.69, 9.17) is 0 Å². The van der Waals surface area contributed by atoms with Gasteiger partial charge in [-0.15, -0.1) is 0 Å². The molecular formula is C16H25F3N4O3S. The van der Waals surface area contributed by atoms with Gasteiger partial charge in [-0.05, 0) is 18.1 Å². The molecule has 0 heterocycles. The van der Waals surface area contributed by atoms with E-state index >= 15 is 0 Å². The predicted octanol–water partition coefficient (Wildman–Crippen LogP) is 1.37. The zero-order valence-corrected chi connectivity index (χ0v) is 16.1. The van der Waals surface area contributed by atoms with Crippen LogP contribution in [0.15, 0.2) is 29.3 Å². The maximum atomic E-state index is 12.0. The minimum Gasteiger partial charge on any atom is -0.367 e. The Morgan fingerprint density at radius 3 is 2.30 bits per heavy atom. The number of guanidine groups is 1. The third-order valence-corrected chi connectivity index (χ3v) is 4.76. The van der Waals surface area contributed by atoms with Crippen LogP contribution < -0.4 is 15.4 Å². The lowest BCUT2D eigenvalue weighted by molar-refractivity contribution is -0.176. The number of rotatable bonds is 10. The first-order chi connectivity index (χ1) is 12.6. The van der Waals surface area contributed by atoms with Crippen molar-refractivity contribution >= 4 is 16.0 Å². The summed E-state index contributed by atoms with van der Waals surface area (Å²) in [6.45, 7) is 1.24. The van der Waals surface area contributed by atoms with Crippen LogP contribution in [-0.2, 0) is 27.9 Å². The lowest BCUT2D eigenvalue weighted by Gasteiger charge is -2.13. The molecule has 0 aliphatic rings. The highest BCUT2D eigenvalue weighted by Crippen LogP contribution is 2.15. The fourth-order valence-electron chi connectivity index (χ4n) is 1.93. The minimum atomic E-state index is -4.33. The molecule has 0 unspecified atom stereocenters. The van der Waals surface area contributed by atoms with Crippen molar-refractivity contribution in [3.63, 3.8) is 0 Å². The van der Waals surface area contributed by atoms with Crippen LogP contribution in [0.3, 0.4) is 0 Å². The first-order valence-electron chi connectivity index (χ1n) is 8.29. The van der Waals surface area contributed by atoms with Crippen LogP contribution in [0.1, 0.15) is 18.1 Å². The fraction of sp³-hybridized carbons (Fsp3) is 0.562. The van der Waals surface area contributed by atoms with E-state index in [0.29, 0.717) is 24.6 Å². The second-order valence-electron chi connectivity index (χ2n) is 5.57. The van der Waals surface area contributed by atoms with Gasteiger partial charge in [0.2, 0.25) is 10.0 Å². The van der Waals surface area contributed by atoms with Crippen LogP contribution in [0, 0.1) is 0 Å². The quantitative estimate of drug-likeness (QED) is 0.308.